The van der Waals surface area contributed by atoms with E-state index in [9.17, 15) is 4.79 Å². The maximum absolute atomic E-state index is 12.7. The van der Waals surface area contributed by atoms with Crippen molar-refractivity contribution in [1.82, 2.24) is 0 Å². The third-order valence-electron chi connectivity index (χ3n) is 3.88. The summed E-state index contributed by atoms with van der Waals surface area (Å²) < 4.78 is 5.67. The number of anilines is 2. The Morgan fingerprint density at radius 1 is 1.14 bits per heavy atom. The molecule has 2 aromatic carbocycles. The number of furan rings is 1. The number of fused-ring (bicyclic) bond motifs is 2. The van der Waals surface area contributed by atoms with Crippen molar-refractivity contribution in [2.45, 2.75) is 6.42 Å². The Morgan fingerprint density at radius 2 is 2.00 bits per heavy atom. The van der Waals surface area contributed by atoms with Gasteiger partial charge in [-0.2, -0.15) is 0 Å². The summed E-state index contributed by atoms with van der Waals surface area (Å²) in [6, 6.07) is 15.1. The lowest BCUT2D eigenvalue weighted by Crippen LogP contribution is -2.28. The molecule has 0 fully saturated rings. The quantitative estimate of drug-likeness (QED) is 0.695. The van der Waals surface area contributed by atoms with Gasteiger partial charge in [-0.1, -0.05) is 18.2 Å². The van der Waals surface area contributed by atoms with Crippen LogP contribution in [0.5, 0.6) is 0 Å². The van der Waals surface area contributed by atoms with E-state index in [4.69, 9.17) is 10.2 Å². The second-order valence-electron chi connectivity index (χ2n) is 5.24. The van der Waals surface area contributed by atoms with Gasteiger partial charge < -0.3 is 15.1 Å². The fraction of sp³-hybridized carbons (Fsp3) is 0.118. The van der Waals surface area contributed by atoms with Gasteiger partial charge in [0.15, 0.2) is 5.76 Å². The van der Waals surface area contributed by atoms with Gasteiger partial charge in [0, 0.05) is 23.3 Å². The monoisotopic (exact) mass is 278 g/mol. The molecular weight excluding hydrogens is 264 g/mol. The number of amides is 1. The topological polar surface area (TPSA) is 59.5 Å². The molecule has 4 nitrogen and oxygen atoms in total. The van der Waals surface area contributed by atoms with E-state index < -0.39 is 0 Å². The summed E-state index contributed by atoms with van der Waals surface area (Å²) in [5.74, 6) is 0.252. The van der Waals surface area contributed by atoms with Crippen molar-refractivity contribution in [3.05, 3.63) is 59.9 Å². The number of nitrogens with two attached hydrogens (primary N) is 1. The number of carbonyl (C=O) groups is 1. The standard InChI is InChI=1S/C17H14N2O2/c18-13-5-6-15-12(9-13)10-16(21-15)17(20)19-8-7-11-3-1-2-4-14(11)19/h1-6,9-10H,7-8,18H2. The summed E-state index contributed by atoms with van der Waals surface area (Å²) in [6.07, 6.45) is 0.884. The predicted molar refractivity (Wildman–Crippen MR) is 82.4 cm³/mol. The van der Waals surface area contributed by atoms with E-state index in [2.05, 4.69) is 6.07 Å². The molecule has 21 heavy (non-hydrogen) atoms. The molecule has 4 rings (SSSR count). The number of para-hydroxylation sites is 1. The minimum atomic E-state index is -0.102. The number of hydrogen-bond donors (Lipinski definition) is 1. The minimum Gasteiger partial charge on any atom is -0.451 e. The largest absolute Gasteiger partial charge is 0.451 e. The number of benzene rings is 2. The van der Waals surface area contributed by atoms with E-state index in [0.717, 1.165) is 17.5 Å². The number of hydrogen-bond acceptors (Lipinski definition) is 3. The maximum Gasteiger partial charge on any atom is 0.294 e. The molecule has 1 aromatic heterocycles. The third kappa shape index (κ3) is 1.88. The van der Waals surface area contributed by atoms with Gasteiger partial charge in [-0.15, -0.1) is 0 Å². The van der Waals surface area contributed by atoms with Gasteiger partial charge in [0.25, 0.3) is 5.91 Å². The molecule has 0 aliphatic carbocycles. The van der Waals surface area contributed by atoms with Crippen LogP contribution in [-0.4, -0.2) is 12.5 Å². The van der Waals surface area contributed by atoms with Crippen LogP contribution in [0.15, 0.2) is 52.9 Å². The Balaban J connectivity index is 1.74. The van der Waals surface area contributed by atoms with Gasteiger partial charge in [0.05, 0.1) is 0 Å². The summed E-state index contributed by atoms with van der Waals surface area (Å²) >= 11 is 0. The van der Waals surface area contributed by atoms with E-state index in [1.165, 1.54) is 5.56 Å². The average molecular weight is 278 g/mol. The summed E-state index contributed by atoms with van der Waals surface area (Å²) in [5, 5.41) is 0.853. The number of rotatable bonds is 1. The Morgan fingerprint density at radius 3 is 2.90 bits per heavy atom. The van der Waals surface area contributed by atoms with Crippen molar-refractivity contribution >= 4 is 28.3 Å². The lowest BCUT2D eigenvalue weighted by atomic mass is 10.2. The molecule has 1 amide bonds. The molecule has 1 aliphatic rings. The molecule has 0 spiro atoms. The summed E-state index contributed by atoms with van der Waals surface area (Å²) in [6.45, 7) is 0.692. The predicted octanol–water partition coefficient (Wildman–Crippen LogP) is 3.22. The van der Waals surface area contributed by atoms with Crippen molar-refractivity contribution in [2.75, 3.05) is 17.2 Å². The molecule has 2 N–H and O–H groups in total. The van der Waals surface area contributed by atoms with E-state index in [-0.39, 0.29) is 5.91 Å². The highest BCUT2D eigenvalue weighted by Gasteiger charge is 2.27. The third-order valence-corrected chi connectivity index (χ3v) is 3.88. The van der Waals surface area contributed by atoms with E-state index >= 15 is 0 Å². The van der Waals surface area contributed by atoms with Crippen LogP contribution in [0.2, 0.25) is 0 Å². The first-order chi connectivity index (χ1) is 10.2. The molecule has 104 valence electrons. The molecule has 0 unspecified atom stereocenters. The Labute approximate surface area is 121 Å². The van der Waals surface area contributed by atoms with Gasteiger partial charge in [-0.25, -0.2) is 0 Å². The van der Waals surface area contributed by atoms with Gasteiger partial charge in [-0.3, -0.25) is 4.79 Å². The van der Waals surface area contributed by atoms with Gasteiger partial charge in [0.1, 0.15) is 5.58 Å². The zero-order chi connectivity index (χ0) is 14.4. The van der Waals surface area contributed by atoms with Crippen molar-refractivity contribution in [1.29, 1.82) is 0 Å². The summed E-state index contributed by atoms with van der Waals surface area (Å²) in [5.41, 5.74) is 9.27. The highest BCUT2D eigenvalue weighted by Crippen LogP contribution is 2.30. The lowest BCUT2D eigenvalue weighted by molar-refractivity contribution is 0.0965. The van der Waals surface area contributed by atoms with Gasteiger partial charge in [0.2, 0.25) is 0 Å². The number of nitrogens with zero attached hydrogens (tertiary/aromatic N) is 1. The zero-order valence-corrected chi connectivity index (χ0v) is 11.4. The van der Waals surface area contributed by atoms with Crippen LogP contribution in [-0.2, 0) is 6.42 Å². The Bertz CT molecular complexity index is 851. The fourth-order valence-corrected chi connectivity index (χ4v) is 2.85. The van der Waals surface area contributed by atoms with E-state index in [1.54, 1.807) is 23.1 Å². The van der Waals surface area contributed by atoms with Crippen LogP contribution in [0.3, 0.4) is 0 Å². The molecule has 2 heterocycles. The molecule has 0 atom stereocenters. The SMILES string of the molecule is Nc1ccc2oc(C(=O)N3CCc4ccccc43)cc2c1. The van der Waals surface area contributed by atoms with Crippen LogP contribution in [0.4, 0.5) is 11.4 Å². The molecule has 0 radical (unpaired) electrons. The van der Waals surface area contributed by atoms with Crippen molar-refractivity contribution < 1.29 is 9.21 Å². The van der Waals surface area contributed by atoms with Crippen molar-refractivity contribution in [2.24, 2.45) is 0 Å². The van der Waals surface area contributed by atoms with Crippen LogP contribution in [0.1, 0.15) is 16.1 Å². The summed E-state index contributed by atoms with van der Waals surface area (Å²) in [7, 11) is 0. The second kappa shape index (κ2) is 4.38. The van der Waals surface area contributed by atoms with Crippen LogP contribution in [0.25, 0.3) is 11.0 Å². The van der Waals surface area contributed by atoms with E-state index in [1.807, 2.05) is 24.3 Å². The molecule has 3 aromatic rings. The Hall–Kier alpha value is -2.75. The van der Waals surface area contributed by atoms with Gasteiger partial charge in [-0.05, 0) is 42.3 Å². The lowest BCUT2D eigenvalue weighted by Gasteiger charge is -2.15. The molecule has 0 saturated heterocycles. The second-order valence-corrected chi connectivity index (χ2v) is 5.24. The first-order valence-electron chi connectivity index (χ1n) is 6.91. The number of carbonyl (C=O) groups excluding carboxylic acids is 1. The first kappa shape index (κ1) is 12.0. The zero-order valence-electron chi connectivity index (χ0n) is 11.4. The molecule has 4 heteroatoms. The smallest absolute Gasteiger partial charge is 0.294 e. The van der Waals surface area contributed by atoms with Crippen molar-refractivity contribution in [3.8, 4) is 0 Å². The van der Waals surface area contributed by atoms with Crippen LogP contribution < -0.4 is 10.6 Å². The minimum absolute atomic E-state index is 0.102. The Kier molecular flexibility index (Phi) is 2.51. The van der Waals surface area contributed by atoms with Gasteiger partial charge >= 0.3 is 0 Å². The maximum atomic E-state index is 12.7. The molecule has 0 saturated carbocycles. The fourth-order valence-electron chi connectivity index (χ4n) is 2.85. The number of nitrogen functional groups attached to an aromatic ring is 1. The van der Waals surface area contributed by atoms with Crippen LogP contribution in [0, 0.1) is 0 Å². The summed E-state index contributed by atoms with van der Waals surface area (Å²) in [4.78, 5) is 14.4. The highest BCUT2D eigenvalue weighted by atomic mass is 16.3. The van der Waals surface area contributed by atoms with E-state index in [0.29, 0.717) is 23.6 Å². The van der Waals surface area contributed by atoms with Crippen molar-refractivity contribution in [3.63, 3.8) is 0 Å². The molecular formula is C17H14N2O2. The van der Waals surface area contributed by atoms with Crippen LogP contribution >= 0.6 is 0 Å². The highest BCUT2D eigenvalue weighted by molar-refractivity contribution is 6.07. The normalized spacial score (nSPS) is 13.6. The average Bonchev–Trinajstić information content (AvgIpc) is 3.09. The first-order valence-corrected chi connectivity index (χ1v) is 6.91. The molecule has 0 bridgehead atoms. The molecule has 1 aliphatic heterocycles.